The normalized spacial score (nSPS) is 13.5. The third-order valence-corrected chi connectivity index (χ3v) is 2.40. The van der Waals surface area contributed by atoms with Crippen LogP contribution in [-0.4, -0.2) is 40.4 Å². The Morgan fingerprint density at radius 1 is 1.27 bits per heavy atom. The molecule has 9 heteroatoms. The van der Waals surface area contributed by atoms with E-state index in [9.17, 15) is 23.1 Å². The maximum absolute atomic E-state index is 11.0. The van der Waals surface area contributed by atoms with Crippen molar-refractivity contribution in [3.05, 3.63) is 35.9 Å². The van der Waals surface area contributed by atoms with E-state index in [1.54, 1.807) is 0 Å². The highest BCUT2D eigenvalue weighted by atomic mass is 19.4. The summed E-state index contributed by atoms with van der Waals surface area (Å²) < 4.78 is 31.7. The van der Waals surface area contributed by atoms with E-state index in [4.69, 9.17) is 15.6 Å². The third-order valence-electron chi connectivity index (χ3n) is 2.40. The second kappa shape index (κ2) is 9.00. The average Bonchev–Trinajstić information content (AvgIpc) is 2.38. The molecule has 2 unspecified atom stereocenters. The summed E-state index contributed by atoms with van der Waals surface area (Å²) in [4.78, 5) is 19.9. The van der Waals surface area contributed by atoms with Gasteiger partial charge >= 0.3 is 12.1 Å². The van der Waals surface area contributed by atoms with Crippen LogP contribution in [0.5, 0.6) is 0 Å². The van der Waals surface area contributed by atoms with Gasteiger partial charge in [-0.05, 0) is 12.5 Å². The van der Waals surface area contributed by atoms with Crippen LogP contribution < -0.4 is 11.1 Å². The Hall–Kier alpha value is -2.13. The SMILES string of the molecule is CC(O)C(NCc1ccccc1)C(N)=O.O=C(O)C(F)(F)F. The van der Waals surface area contributed by atoms with Crippen LogP contribution in [0.25, 0.3) is 0 Å². The van der Waals surface area contributed by atoms with Crippen LogP contribution in [0.2, 0.25) is 0 Å². The number of aliphatic carboxylic acids is 1. The lowest BCUT2D eigenvalue weighted by Crippen LogP contribution is -2.47. The van der Waals surface area contributed by atoms with Gasteiger partial charge in [0.1, 0.15) is 6.04 Å². The first-order valence-corrected chi connectivity index (χ1v) is 6.10. The number of nitrogens with two attached hydrogens (primary N) is 1. The molecule has 0 aliphatic rings. The van der Waals surface area contributed by atoms with Crippen LogP contribution in [0.3, 0.4) is 0 Å². The Morgan fingerprint density at radius 2 is 1.73 bits per heavy atom. The van der Waals surface area contributed by atoms with Gasteiger partial charge in [-0.2, -0.15) is 13.2 Å². The largest absolute Gasteiger partial charge is 0.490 e. The van der Waals surface area contributed by atoms with E-state index >= 15 is 0 Å². The van der Waals surface area contributed by atoms with E-state index in [2.05, 4.69) is 5.32 Å². The predicted octanol–water partition coefficient (Wildman–Crippen LogP) is 0.644. The van der Waals surface area contributed by atoms with Crippen LogP contribution in [0.4, 0.5) is 13.2 Å². The molecule has 0 heterocycles. The summed E-state index contributed by atoms with van der Waals surface area (Å²) in [6.45, 7) is 2.05. The monoisotopic (exact) mass is 322 g/mol. The number of hydrogen-bond acceptors (Lipinski definition) is 4. The van der Waals surface area contributed by atoms with Gasteiger partial charge in [0.25, 0.3) is 0 Å². The van der Waals surface area contributed by atoms with Crippen LogP contribution in [0, 0.1) is 0 Å². The molecule has 124 valence electrons. The van der Waals surface area contributed by atoms with Crippen molar-refractivity contribution in [2.24, 2.45) is 5.73 Å². The summed E-state index contributed by atoms with van der Waals surface area (Å²) in [6.07, 6.45) is -5.87. The number of carboxylic acid groups (broad SMARTS) is 1. The molecule has 1 aromatic carbocycles. The Balaban J connectivity index is 0.000000534. The molecule has 0 bridgehead atoms. The van der Waals surface area contributed by atoms with Crippen LogP contribution in [0.1, 0.15) is 12.5 Å². The van der Waals surface area contributed by atoms with Crippen LogP contribution in [-0.2, 0) is 16.1 Å². The Labute approximate surface area is 124 Å². The van der Waals surface area contributed by atoms with Crippen molar-refractivity contribution in [3.8, 4) is 0 Å². The minimum absolute atomic E-state index is 0.513. The van der Waals surface area contributed by atoms with E-state index in [0.717, 1.165) is 5.56 Å². The predicted molar refractivity (Wildman–Crippen MR) is 71.6 cm³/mol. The minimum atomic E-state index is -5.08. The molecule has 1 amide bonds. The van der Waals surface area contributed by atoms with Crippen molar-refractivity contribution < 1.29 is 33.0 Å². The fraction of sp³-hybridized carbons (Fsp3) is 0.385. The molecule has 22 heavy (non-hydrogen) atoms. The molecule has 0 saturated heterocycles. The summed E-state index contributed by atoms with van der Waals surface area (Å²) in [7, 11) is 0. The Kier molecular flexibility index (Phi) is 8.13. The first-order chi connectivity index (χ1) is 10.1. The molecular formula is C13H17F3N2O4. The second-order valence-corrected chi connectivity index (χ2v) is 4.29. The number of primary amides is 1. The lowest BCUT2D eigenvalue weighted by molar-refractivity contribution is -0.192. The zero-order valence-corrected chi connectivity index (χ0v) is 11.7. The molecule has 0 saturated carbocycles. The second-order valence-electron chi connectivity index (χ2n) is 4.29. The van der Waals surface area contributed by atoms with E-state index < -0.39 is 30.2 Å². The molecule has 1 aromatic rings. The van der Waals surface area contributed by atoms with E-state index in [1.165, 1.54) is 6.92 Å². The van der Waals surface area contributed by atoms with Gasteiger partial charge in [-0.3, -0.25) is 10.1 Å². The fourth-order valence-electron chi connectivity index (χ4n) is 1.33. The number of alkyl halides is 3. The van der Waals surface area contributed by atoms with Gasteiger partial charge in [0.05, 0.1) is 6.10 Å². The molecule has 0 spiro atoms. The van der Waals surface area contributed by atoms with Crippen molar-refractivity contribution in [2.75, 3.05) is 0 Å². The highest BCUT2D eigenvalue weighted by molar-refractivity contribution is 5.80. The first kappa shape index (κ1) is 19.9. The lowest BCUT2D eigenvalue weighted by atomic mass is 10.1. The lowest BCUT2D eigenvalue weighted by Gasteiger charge is -2.17. The molecule has 2 atom stereocenters. The topological polar surface area (TPSA) is 113 Å². The number of amides is 1. The van der Waals surface area contributed by atoms with Gasteiger partial charge in [-0.1, -0.05) is 30.3 Å². The molecule has 1 rings (SSSR count). The third kappa shape index (κ3) is 8.22. The quantitative estimate of drug-likeness (QED) is 0.635. The molecule has 0 radical (unpaired) electrons. The number of carbonyl (C=O) groups is 2. The molecular weight excluding hydrogens is 305 g/mol. The number of halogens is 3. The zero-order valence-electron chi connectivity index (χ0n) is 11.7. The molecule has 0 aromatic heterocycles. The number of nitrogens with one attached hydrogen (secondary N) is 1. The van der Waals surface area contributed by atoms with Gasteiger partial charge in [-0.25, -0.2) is 4.79 Å². The number of rotatable bonds is 5. The van der Waals surface area contributed by atoms with E-state index in [0.29, 0.717) is 6.54 Å². The van der Waals surface area contributed by atoms with Crippen molar-refractivity contribution >= 4 is 11.9 Å². The van der Waals surface area contributed by atoms with Gasteiger partial charge in [-0.15, -0.1) is 0 Å². The number of benzene rings is 1. The summed E-state index contributed by atoms with van der Waals surface area (Å²) in [5.74, 6) is -3.30. The van der Waals surface area contributed by atoms with E-state index in [-0.39, 0.29) is 0 Å². The number of carboxylic acids is 1. The molecule has 6 nitrogen and oxygen atoms in total. The minimum Gasteiger partial charge on any atom is -0.475 e. The van der Waals surface area contributed by atoms with Gasteiger partial charge in [0.15, 0.2) is 0 Å². The molecule has 0 fully saturated rings. The Morgan fingerprint density at radius 3 is 2.05 bits per heavy atom. The van der Waals surface area contributed by atoms with Crippen molar-refractivity contribution in [1.29, 1.82) is 0 Å². The number of aliphatic hydroxyl groups excluding tert-OH is 1. The summed E-state index contributed by atoms with van der Waals surface area (Å²) in [5.41, 5.74) is 6.19. The highest BCUT2D eigenvalue weighted by Gasteiger charge is 2.38. The van der Waals surface area contributed by atoms with Crippen LogP contribution >= 0.6 is 0 Å². The van der Waals surface area contributed by atoms with Crippen LogP contribution in [0.15, 0.2) is 30.3 Å². The van der Waals surface area contributed by atoms with Gasteiger partial charge in [0, 0.05) is 6.54 Å². The summed E-state index contributed by atoms with van der Waals surface area (Å²) >= 11 is 0. The summed E-state index contributed by atoms with van der Waals surface area (Å²) in [6, 6.07) is 8.92. The average molecular weight is 322 g/mol. The molecule has 5 N–H and O–H groups in total. The number of carbonyl (C=O) groups excluding carboxylic acids is 1. The smallest absolute Gasteiger partial charge is 0.475 e. The summed E-state index contributed by atoms with van der Waals surface area (Å²) in [5, 5.41) is 19.3. The fourth-order valence-corrected chi connectivity index (χ4v) is 1.33. The maximum atomic E-state index is 11.0. The zero-order chi connectivity index (χ0) is 17.3. The van der Waals surface area contributed by atoms with E-state index in [1.807, 2.05) is 30.3 Å². The Bertz CT molecular complexity index is 478. The van der Waals surface area contributed by atoms with Gasteiger partial charge in [0.2, 0.25) is 5.91 Å². The standard InChI is InChI=1S/C11H16N2O2.C2HF3O2/c1-8(14)10(11(12)15)13-7-9-5-3-2-4-6-9;3-2(4,5)1(6)7/h2-6,8,10,13-14H,7H2,1H3,(H2,12,15);(H,6,7). The van der Waals surface area contributed by atoms with Crippen molar-refractivity contribution in [3.63, 3.8) is 0 Å². The first-order valence-electron chi connectivity index (χ1n) is 6.10. The number of hydrogen-bond donors (Lipinski definition) is 4. The number of aliphatic hydroxyl groups is 1. The highest BCUT2D eigenvalue weighted by Crippen LogP contribution is 2.13. The van der Waals surface area contributed by atoms with Crippen molar-refractivity contribution in [2.45, 2.75) is 31.8 Å². The van der Waals surface area contributed by atoms with Gasteiger partial charge < -0.3 is 15.9 Å². The maximum Gasteiger partial charge on any atom is 0.490 e. The molecule has 0 aliphatic heterocycles. The van der Waals surface area contributed by atoms with Crippen molar-refractivity contribution in [1.82, 2.24) is 5.32 Å². The molecule has 0 aliphatic carbocycles.